The summed E-state index contributed by atoms with van der Waals surface area (Å²) in [4.78, 5) is 4.38. The molecule has 128 valence electrons. The van der Waals surface area contributed by atoms with Gasteiger partial charge in [-0.25, -0.2) is 14.3 Å². The van der Waals surface area contributed by atoms with Gasteiger partial charge in [0, 0.05) is 0 Å². The van der Waals surface area contributed by atoms with Crippen molar-refractivity contribution in [2.75, 3.05) is 0 Å². The van der Waals surface area contributed by atoms with Gasteiger partial charge in [0.1, 0.15) is 18.2 Å². The molecule has 4 bridgehead atoms. The van der Waals surface area contributed by atoms with Crippen LogP contribution in [-0.2, 0) is 13.1 Å². The molecule has 0 aromatic carbocycles. The predicted octanol–water partition coefficient (Wildman–Crippen LogP) is 2.15. The summed E-state index contributed by atoms with van der Waals surface area (Å²) in [7, 11) is 0. The van der Waals surface area contributed by atoms with Crippen LogP contribution in [0.4, 0.5) is 0 Å². The lowest BCUT2D eigenvalue weighted by Crippen LogP contribution is -2.48. The first kappa shape index (κ1) is 14.5. The fourth-order valence-electron chi connectivity index (χ4n) is 6.11. The largest absolute Gasteiger partial charge is 0.242 e. The highest BCUT2D eigenvalue weighted by Crippen LogP contribution is 2.60. The lowest BCUT2D eigenvalue weighted by atomic mass is 9.49. The van der Waals surface area contributed by atoms with E-state index in [-0.39, 0.29) is 0 Å². The SMILES string of the molecule is Cc1nc(C)n(Cc2nnnn2CC23CC4CC(CC(C4)C2)C3)n1. The number of nitrogens with zero attached hydrogens (tertiary/aromatic N) is 7. The lowest BCUT2D eigenvalue weighted by molar-refractivity contribution is -0.0642. The molecule has 0 N–H and O–H groups in total. The summed E-state index contributed by atoms with van der Waals surface area (Å²) in [5.41, 5.74) is 0.437. The van der Waals surface area contributed by atoms with Crippen molar-refractivity contribution < 1.29 is 0 Å². The minimum Gasteiger partial charge on any atom is -0.242 e. The Bertz CT molecular complexity index is 724. The zero-order valence-corrected chi connectivity index (χ0v) is 14.5. The Morgan fingerprint density at radius 1 is 1.00 bits per heavy atom. The molecular formula is C17H25N7. The lowest BCUT2D eigenvalue weighted by Gasteiger charge is -2.56. The van der Waals surface area contributed by atoms with E-state index in [0.717, 1.165) is 41.8 Å². The highest BCUT2D eigenvalue weighted by Gasteiger charge is 2.51. The van der Waals surface area contributed by atoms with Crippen molar-refractivity contribution in [1.82, 2.24) is 35.0 Å². The molecule has 0 spiro atoms. The van der Waals surface area contributed by atoms with Gasteiger partial charge in [-0.3, -0.25) is 0 Å². The molecule has 0 atom stereocenters. The summed E-state index contributed by atoms with van der Waals surface area (Å²) in [6, 6.07) is 0. The van der Waals surface area contributed by atoms with Crippen LogP contribution >= 0.6 is 0 Å². The van der Waals surface area contributed by atoms with Crippen molar-refractivity contribution in [3.8, 4) is 0 Å². The van der Waals surface area contributed by atoms with Crippen LogP contribution < -0.4 is 0 Å². The van der Waals surface area contributed by atoms with Crippen LogP contribution in [0.5, 0.6) is 0 Å². The second-order valence-corrected chi connectivity index (χ2v) is 8.53. The molecule has 4 fully saturated rings. The van der Waals surface area contributed by atoms with Gasteiger partial charge in [-0.2, -0.15) is 5.10 Å². The van der Waals surface area contributed by atoms with Crippen molar-refractivity contribution in [3.63, 3.8) is 0 Å². The number of rotatable bonds is 4. The molecule has 0 amide bonds. The molecule has 0 saturated heterocycles. The number of hydrogen-bond donors (Lipinski definition) is 0. The average molecular weight is 327 g/mol. The smallest absolute Gasteiger partial charge is 0.172 e. The van der Waals surface area contributed by atoms with Crippen LogP contribution in [0.2, 0.25) is 0 Å². The minimum absolute atomic E-state index is 0.437. The van der Waals surface area contributed by atoms with Gasteiger partial charge in [-0.15, -0.1) is 5.10 Å². The molecule has 7 heteroatoms. The minimum atomic E-state index is 0.437. The van der Waals surface area contributed by atoms with Crippen molar-refractivity contribution in [1.29, 1.82) is 0 Å². The highest BCUT2D eigenvalue weighted by atomic mass is 15.6. The zero-order valence-electron chi connectivity index (χ0n) is 14.5. The number of hydrogen-bond acceptors (Lipinski definition) is 5. The molecule has 4 aliphatic carbocycles. The maximum absolute atomic E-state index is 4.45. The molecule has 0 radical (unpaired) electrons. The van der Waals surface area contributed by atoms with Crippen molar-refractivity contribution in [2.24, 2.45) is 23.2 Å². The van der Waals surface area contributed by atoms with E-state index in [4.69, 9.17) is 0 Å². The first-order valence-corrected chi connectivity index (χ1v) is 9.22. The molecule has 2 aromatic rings. The van der Waals surface area contributed by atoms with Gasteiger partial charge >= 0.3 is 0 Å². The summed E-state index contributed by atoms with van der Waals surface area (Å²) < 4.78 is 3.95. The topological polar surface area (TPSA) is 74.3 Å². The molecule has 0 aliphatic heterocycles. The molecule has 6 rings (SSSR count). The molecule has 0 unspecified atom stereocenters. The Labute approximate surface area is 141 Å². The van der Waals surface area contributed by atoms with Crippen LogP contribution in [0.15, 0.2) is 0 Å². The Balaban J connectivity index is 1.39. The normalized spacial score (nSPS) is 34.2. The van der Waals surface area contributed by atoms with Gasteiger partial charge in [0.15, 0.2) is 5.82 Å². The summed E-state index contributed by atoms with van der Waals surface area (Å²) in [5, 5.41) is 17.0. The summed E-state index contributed by atoms with van der Waals surface area (Å²) in [5.74, 6) is 5.48. The van der Waals surface area contributed by atoms with Crippen LogP contribution in [0.25, 0.3) is 0 Å². The van der Waals surface area contributed by atoms with Crippen LogP contribution in [-0.4, -0.2) is 35.0 Å². The Morgan fingerprint density at radius 2 is 1.67 bits per heavy atom. The predicted molar refractivity (Wildman–Crippen MR) is 87.0 cm³/mol. The third-order valence-corrected chi connectivity index (χ3v) is 6.51. The van der Waals surface area contributed by atoms with Crippen molar-refractivity contribution >= 4 is 0 Å². The molecule has 4 saturated carbocycles. The van der Waals surface area contributed by atoms with E-state index in [1.807, 2.05) is 23.2 Å². The quantitative estimate of drug-likeness (QED) is 0.860. The summed E-state index contributed by atoms with van der Waals surface area (Å²) in [6.07, 6.45) is 8.54. The van der Waals surface area contributed by atoms with Gasteiger partial charge in [-0.05, 0) is 86.0 Å². The van der Waals surface area contributed by atoms with E-state index in [1.54, 1.807) is 0 Å². The molecule has 24 heavy (non-hydrogen) atoms. The second kappa shape index (κ2) is 5.10. The van der Waals surface area contributed by atoms with Crippen molar-refractivity contribution in [3.05, 3.63) is 17.5 Å². The number of tetrazole rings is 1. The summed E-state index contributed by atoms with van der Waals surface area (Å²) in [6.45, 7) is 5.48. The molecule has 2 heterocycles. The maximum Gasteiger partial charge on any atom is 0.172 e. The molecule has 4 aliphatic rings. The summed E-state index contributed by atoms with van der Waals surface area (Å²) >= 11 is 0. The Kier molecular flexibility index (Phi) is 3.09. The van der Waals surface area contributed by atoms with Gasteiger partial charge in [0.25, 0.3) is 0 Å². The van der Waals surface area contributed by atoms with E-state index < -0.39 is 0 Å². The third kappa shape index (κ3) is 2.36. The fourth-order valence-corrected chi connectivity index (χ4v) is 6.11. The molecular weight excluding hydrogens is 302 g/mol. The first-order valence-electron chi connectivity index (χ1n) is 9.22. The number of aryl methyl sites for hydroxylation is 2. The first-order chi connectivity index (χ1) is 11.6. The van der Waals surface area contributed by atoms with Gasteiger partial charge < -0.3 is 0 Å². The zero-order chi connectivity index (χ0) is 16.3. The van der Waals surface area contributed by atoms with Crippen molar-refractivity contribution in [2.45, 2.75) is 65.5 Å². The third-order valence-electron chi connectivity index (χ3n) is 6.51. The van der Waals surface area contributed by atoms with E-state index in [9.17, 15) is 0 Å². The fraction of sp³-hybridized carbons (Fsp3) is 0.824. The van der Waals surface area contributed by atoms with E-state index in [0.29, 0.717) is 12.0 Å². The average Bonchev–Trinajstić information content (AvgIpc) is 3.04. The van der Waals surface area contributed by atoms with Crippen LogP contribution in [0.3, 0.4) is 0 Å². The highest BCUT2D eigenvalue weighted by molar-refractivity contribution is 5.02. The monoisotopic (exact) mass is 327 g/mol. The Morgan fingerprint density at radius 3 is 2.25 bits per heavy atom. The van der Waals surface area contributed by atoms with E-state index in [2.05, 4.69) is 25.6 Å². The number of aromatic nitrogens is 7. The molecule has 2 aromatic heterocycles. The maximum atomic E-state index is 4.45. The standard InChI is InChI=1S/C17H25N7/c1-11-18-12(2)23(20-11)9-16-19-21-22-24(16)10-17-6-13-3-14(7-17)5-15(4-13)8-17/h13-15H,3-10H2,1-2H3. The second-order valence-electron chi connectivity index (χ2n) is 8.53. The van der Waals surface area contributed by atoms with E-state index in [1.165, 1.54) is 38.5 Å². The van der Waals surface area contributed by atoms with Gasteiger partial charge in [0.05, 0.1) is 6.54 Å². The van der Waals surface area contributed by atoms with Crippen LogP contribution in [0, 0.1) is 37.0 Å². The van der Waals surface area contributed by atoms with Crippen LogP contribution in [0.1, 0.15) is 56.0 Å². The molecule has 7 nitrogen and oxygen atoms in total. The van der Waals surface area contributed by atoms with Gasteiger partial charge in [0.2, 0.25) is 0 Å². The Hall–Kier alpha value is -1.79. The van der Waals surface area contributed by atoms with E-state index >= 15 is 0 Å². The van der Waals surface area contributed by atoms with Gasteiger partial charge in [-0.1, -0.05) is 0 Å².